The van der Waals surface area contributed by atoms with Crippen molar-refractivity contribution in [2.75, 3.05) is 11.9 Å². The number of anilines is 1. The summed E-state index contributed by atoms with van der Waals surface area (Å²) >= 11 is 0. The first-order valence-electron chi connectivity index (χ1n) is 13.8. The molecule has 3 aromatic carbocycles. The van der Waals surface area contributed by atoms with E-state index in [1.54, 1.807) is 7.05 Å². The molecular weight excluding hydrogens is 512 g/mol. The van der Waals surface area contributed by atoms with E-state index in [1.807, 2.05) is 72.8 Å². The monoisotopic (exact) mass is 550 g/mol. The van der Waals surface area contributed by atoms with Gasteiger partial charge in [-0.15, -0.1) is 12.4 Å². The molecule has 208 valence electrons. The molecule has 1 fully saturated rings. The largest absolute Gasteiger partial charge is 0.487 e. The van der Waals surface area contributed by atoms with Gasteiger partial charge in [0.15, 0.2) is 0 Å². The summed E-state index contributed by atoms with van der Waals surface area (Å²) in [5, 5.41) is 15.1. The molecule has 0 aromatic heterocycles. The molecule has 0 aliphatic heterocycles. The van der Waals surface area contributed by atoms with Gasteiger partial charge in [0.2, 0.25) is 0 Å². The molecule has 7 heteroatoms. The van der Waals surface area contributed by atoms with Crippen LogP contribution in [-0.4, -0.2) is 30.3 Å². The Bertz CT molecular complexity index is 1200. The standard InChI is InChI=1S/C32H38N2O4.ClH/c1-34(32(36)38-22-24-13-7-3-8-14-24)30-26-17-19-28(33-25-15-9-4-10-16-25)31(35)27(26)18-20-29(30)37-21-23-11-5-2-6-12-23;/h2-3,5-8,11-14,18,20,25,28,31,33,35H,4,9-10,15-17,19,21-22H2,1H3;1H. The second kappa shape index (κ2) is 13.8. The second-order valence-corrected chi connectivity index (χ2v) is 10.4. The first-order chi connectivity index (χ1) is 18.6. The third-order valence-electron chi connectivity index (χ3n) is 7.79. The molecule has 5 rings (SSSR count). The molecule has 0 heterocycles. The lowest BCUT2D eigenvalue weighted by atomic mass is 9.83. The zero-order valence-corrected chi connectivity index (χ0v) is 23.4. The van der Waals surface area contributed by atoms with Crippen molar-refractivity contribution in [3.63, 3.8) is 0 Å². The highest BCUT2D eigenvalue weighted by molar-refractivity contribution is 5.91. The average molecular weight is 551 g/mol. The van der Waals surface area contributed by atoms with Crippen LogP contribution in [-0.2, 0) is 24.4 Å². The first kappa shape index (κ1) is 28.9. The Morgan fingerprint density at radius 3 is 2.21 bits per heavy atom. The van der Waals surface area contributed by atoms with E-state index in [0.717, 1.165) is 35.1 Å². The van der Waals surface area contributed by atoms with Crippen molar-refractivity contribution in [3.8, 4) is 5.75 Å². The Labute approximate surface area is 237 Å². The lowest BCUT2D eigenvalue weighted by Crippen LogP contribution is -2.45. The number of carbonyl (C=O) groups is 1. The zero-order valence-electron chi connectivity index (χ0n) is 22.6. The Hall–Kier alpha value is -3.06. The maximum Gasteiger partial charge on any atom is 0.414 e. The van der Waals surface area contributed by atoms with Crippen LogP contribution in [0.25, 0.3) is 0 Å². The van der Waals surface area contributed by atoms with Crippen LogP contribution < -0.4 is 15.0 Å². The van der Waals surface area contributed by atoms with Crippen molar-refractivity contribution >= 4 is 24.2 Å². The SMILES string of the molecule is CN(C(=O)OCc1ccccc1)c1c(OCc2ccccc2)ccc2c1CCC(NC1CCCCC1)C2O.Cl. The lowest BCUT2D eigenvalue weighted by Gasteiger charge is -2.37. The summed E-state index contributed by atoms with van der Waals surface area (Å²) in [4.78, 5) is 14.7. The van der Waals surface area contributed by atoms with Crippen molar-refractivity contribution in [2.45, 2.75) is 76.3 Å². The van der Waals surface area contributed by atoms with Crippen LogP contribution in [0.1, 0.15) is 66.9 Å². The van der Waals surface area contributed by atoms with Gasteiger partial charge >= 0.3 is 6.09 Å². The highest BCUT2D eigenvalue weighted by atomic mass is 35.5. The molecular formula is C32H39ClN2O4. The number of aliphatic hydroxyl groups is 1. The third-order valence-corrected chi connectivity index (χ3v) is 7.79. The molecule has 39 heavy (non-hydrogen) atoms. The summed E-state index contributed by atoms with van der Waals surface area (Å²) in [7, 11) is 1.72. The van der Waals surface area contributed by atoms with E-state index in [9.17, 15) is 9.90 Å². The fourth-order valence-electron chi connectivity index (χ4n) is 5.72. The molecule has 0 radical (unpaired) electrons. The quantitative estimate of drug-likeness (QED) is 0.325. The van der Waals surface area contributed by atoms with E-state index in [-0.39, 0.29) is 25.1 Å². The Morgan fingerprint density at radius 2 is 1.54 bits per heavy atom. The summed E-state index contributed by atoms with van der Waals surface area (Å²) < 4.78 is 11.9. The van der Waals surface area contributed by atoms with Gasteiger partial charge in [0.05, 0.1) is 11.8 Å². The number of nitrogens with one attached hydrogen (secondary N) is 1. The van der Waals surface area contributed by atoms with Crippen molar-refractivity contribution in [1.29, 1.82) is 0 Å². The average Bonchev–Trinajstić information content (AvgIpc) is 2.97. The van der Waals surface area contributed by atoms with Crippen LogP contribution in [0.2, 0.25) is 0 Å². The van der Waals surface area contributed by atoms with Crippen LogP contribution in [0.4, 0.5) is 10.5 Å². The smallest absolute Gasteiger partial charge is 0.414 e. The van der Waals surface area contributed by atoms with Crippen molar-refractivity contribution in [3.05, 3.63) is 95.1 Å². The summed E-state index contributed by atoms with van der Waals surface area (Å²) in [6.45, 7) is 0.573. The number of fused-ring (bicyclic) bond motifs is 1. The van der Waals surface area contributed by atoms with Gasteiger partial charge in [0, 0.05) is 19.1 Å². The topological polar surface area (TPSA) is 71.0 Å². The Kier molecular flexibility index (Phi) is 10.3. The van der Waals surface area contributed by atoms with Gasteiger partial charge in [0.25, 0.3) is 0 Å². The molecule has 2 atom stereocenters. The number of halogens is 1. The van der Waals surface area contributed by atoms with Crippen molar-refractivity contribution < 1.29 is 19.4 Å². The molecule has 1 amide bonds. The minimum atomic E-state index is -0.642. The summed E-state index contributed by atoms with van der Waals surface area (Å²) in [6, 6.07) is 23.9. The highest BCUT2D eigenvalue weighted by Crippen LogP contribution is 2.42. The predicted molar refractivity (Wildman–Crippen MR) is 157 cm³/mol. The summed E-state index contributed by atoms with van der Waals surface area (Å²) in [6.07, 6.45) is 6.58. The number of amides is 1. The molecule has 2 aliphatic rings. The maximum atomic E-state index is 13.2. The van der Waals surface area contributed by atoms with Crippen molar-refractivity contribution in [2.24, 2.45) is 0 Å². The van der Waals surface area contributed by atoms with Gasteiger partial charge in [-0.2, -0.15) is 0 Å². The molecule has 6 nitrogen and oxygen atoms in total. The zero-order chi connectivity index (χ0) is 26.3. The predicted octanol–water partition coefficient (Wildman–Crippen LogP) is 6.73. The minimum absolute atomic E-state index is 0. The summed E-state index contributed by atoms with van der Waals surface area (Å²) in [5.41, 5.74) is 4.45. The minimum Gasteiger partial charge on any atom is -0.487 e. The van der Waals surface area contributed by atoms with E-state index in [1.165, 1.54) is 37.0 Å². The number of hydrogen-bond acceptors (Lipinski definition) is 5. The molecule has 1 saturated carbocycles. The number of ether oxygens (including phenoxy) is 2. The molecule has 0 spiro atoms. The van der Waals surface area contributed by atoms with E-state index < -0.39 is 12.2 Å². The van der Waals surface area contributed by atoms with Gasteiger partial charge in [-0.05, 0) is 54.0 Å². The third kappa shape index (κ3) is 7.13. The number of rotatable bonds is 8. The number of aliphatic hydroxyl groups excluding tert-OH is 1. The summed E-state index contributed by atoms with van der Waals surface area (Å²) in [5.74, 6) is 0.609. The van der Waals surface area contributed by atoms with E-state index in [2.05, 4.69) is 5.32 Å². The number of carbonyl (C=O) groups excluding carboxylic acids is 1. The van der Waals surface area contributed by atoms with Gasteiger partial charge in [0.1, 0.15) is 19.0 Å². The van der Waals surface area contributed by atoms with Crippen molar-refractivity contribution in [1.82, 2.24) is 5.32 Å². The molecule has 3 aromatic rings. The van der Waals surface area contributed by atoms with Gasteiger partial charge in [-0.25, -0.2) is 4.79 Å². The Morgan fingerprint density at radius 1 is 0.897 bits per heavy atom. The first-order valence-corrected chi connectivity index (χ1v) is 13.8. The van der Waals surface area contributed by atoms with Gasteiger partial charge < -0.3 is 19.9 Å². The number of benzene rings is 3. The van der Waals surface area contributed by atoms with Crippen LogP contribution in [0.3, 0.4) is 0 Å². The highest BCUT2D eigenvalue weighted by Gasteiger charge is 2.34. The molecule has 0 bridgehead atoms. The van der Waals surface area contributed by atoms with E-state index >= 15 is 0 Å². The lowest BCUT2D eigenvalue weighted by molar-refractivity contribution is 0.104. The Balaban J connectivity index is 0.00000353. The van der Waals surface area contributed by atoms with E-state index in [0.29, 0.717) is 24.1 Å². The normalized spacial score (nSPS) is 18.9. The van der Waals surface area contributed by atoms with Crippen LogP contribution in [0.15, 0.2) is 72.8 Å². The fourth-order valence-corrected chi connectivity index (χ4v) is 5.72. The van der Waals surface area contributed by atoms with Gasteiger partial charge in [-0.1, -0.05) is 86.0 Å². The fraction of sp³-hybridized carbons (Fsp3) is 0.406. The van der Waals surface area contributed by atoms with Gasteiger partial charge in [-0.3, -0.25) is 4.90 Å². The number of nitrogens with zero attached hydrogens (tertiary/aromatic N) is 1. The van der Waals surface area contributed by atoms with Crippen LogP contribution >= 0.6 is 12.4 Å². The number of hydrogen-bond donors (Lipinski definition) is 2. The van der Waals surface area contributed by atoms with Crippen LogP contribution in [0, 0.1) is 0 Å². The van der Waals surface area contributed by atoms with E-state index in [4.69, 9.17) is 9.47 Å². The second-order valence-electron chi connectivity index (χ2n) is 10.4. The molecule has 2 aliphatic carbocycles. The van der Waals surface area contributed by atoms with Crippen LogP contribution in [0.5, 0.6) is 5.75 Å². The molecule has 2 unspecified atom stereocenters. The molecule has 0 saturated heterocycles. The molecule has 2 N–H and O–H groups in total. The maximum absolute atomic E-state index is 13.2.